The number of aliphatic hydroxyl groups excluding tert-OH is 1. The monoisotopic (exact) mass is 261 g/mol. The molecule has 1 N–H and O–H groups in total. The smallest absolute Gasteiger partial charge is 0.203 e. The number of piperidine rings is 1. The summed E-state index contributed by atoms with van der Waals surface area (Å²) >= 11 is 0. The Kier molecular flexibility index (Phi) is 3.33. The summed E-state index contributed by atoms with van der Waals surface area (Å²) < 4.78 is 1.97. The summed E-state index contributed by atoms with van der Waals surface area (Å²) in [4.78, 5) is 6.75. The van der Waals surface area contributed by atoms with Gasteiger partial charge in [0.15, 0.2) is 5.82 Å². The first-order valence-corrected chi connectivity index (χ1v) is 6.81. The summed E-state index contributed by atoms with van der Waals surface area (Å²) in [6.07, 6.45) is 6.88. The maximum Gasteiger partial charge on any atom is 0.203 e. The van der Waals surface area contributed by atoms with E-state index in [9.17, 15) is 0 Å². The maximum absolute atomic E-state index is 9.09. The van der Waals surface area contributed by atoms with Gasteiger partial charge in [-0.15, -0.1) is 10.2 Å². The zero-order chi connectivity index (χ0) is 13.2. The van der Waals surface area contributed by atoms with Crippen LogP contribution in [-0.4, -0.2) is 44.4 Å². The standard InChI is InChI=1S/C13H19N5O/c1-10-15-16-13-12(14-5-7-18(10)13)17-6-2-3-11(9-17)4-8-19/h5,7,11,19H,2-4,6,8-9H2,1H3. The number of hydrogen-bond acceptors (Lipinski definition) is 5. The lowest BCUT2D eigenvalue weighted by Gasteiger charge is -2.33. The van der Waals surface area contributed by atoms with Gasteiger partial charge in [-0.2, -0.15) is 0 Å². The molecule has 0 amide bonds. The van der Waals surface area contributed by atoms with Gasteiger partial charge in [-0.25, -0.2) is 4.98 Å². The summed E-state index contributed by atoms with van der Waals surface area (Å²) in [5, 5.41) is 17.4. The first kappa shape index (κ1) is 12.3. The number of hydrogen-bond donors (Lipinski definition) is 1. The molecular formula is C13H19N5O. The normalized spacial score (nSPS) is 20.1. The molecule has 3 rings (SSSR count). The molecule has 1 atom stereocenters. The molecule has 0 bridgehead atoms. The van der Waals surface area contributed by atoms with Crippen LogP contribution >= 0.6 is 0 Å². The number of nitrogens with zero attached hydrogens (tertiary/aromatic N) is 5. The number of aryl methyl sites for hydroxylation is 1. The third kappa shape index (κ3) is 2.28. The van der Waals surface area contributed by atoms with Gasteiger partial charge in [0.1, 0.15) is 5.82 Å². The maximum atomic E-state index is 9.09. The minimum Gasteiger partial charge on any atom is -0.396 e. The molecule has 6 heteroatoms. The van der Waals surface area contributed by atoms with E-state index >= 15 is 0 Å². The quantitative estimate of drug-likeness (QED) is 0.894. The summed E-state index contributed by atoms with van der Waals surface area (Å²) in [7, 11) is 0. The molecule has 0 spiro atoms. The van der Waals surface area contributed by atoms with Crippen molar-refractivity contribution in [2.75, 3.05) is 24.6 Å². The van der Waals surface area contributed by atoms with Crippen LogP contribution in [0.2, 0.25) is 0 Å². The van der Waals surface area contributed by atoms with Gasteiger partial charge in [0, 0.05) is 32.1 Å². The molecule has 1 fully saturated rings. The van der Waals surface area contributed by atoms with E-state index in [1.807, 2.05) is 17.5 Å². The molecule has 3 heterocycles. The molecular weight excluding hydrogens is 242 g/mol. The second-order valence-corrected chi connectivity index (χ2v) is 5.16. The highest BCUT2D eigenvalue weighted by atomic mass is 16.3. The molecule has 19 heavy (non-hydrogen) atoms. The molecule has 0 saturated carbocycles. The molecule has 6 nitrogen and oxygen atoms in total. The summed E-state index contributed by atoms with van der Waals surface area (Å²) in [5.74, 6) is 2.33. The largest absolute Gasteiger partial charge is 0.396 e. The molecule has 0 aromatic carbocycles. The van der Waals surface area contributed by atoms with Gasteiger partial charge in [0.05, 0.1) is 0 Å². The van der Waals surface area contributed by atoms with Crippen LogP contribution in [0.25, 0.3) is 5.65 Å². The topological polar surface area (TPSA) is 66.5 Å². The Hall–Kier alpha value is -1.69. The van der Waals surface area contributed by atoms with Crippen molar-refractivity contribution in [1.29, 1.82) is 0 Å². The van der Waals surface area contributed by atoms with Crippen LogP contribution in [0.3, 0.4) is 0 Å². The van der Waals surface area contributed by atoms with Crippen molar-refractivity contribution in [2.45, 2.75) is 26.2 Å². The lowest BCUT2D eigenvalue weighted by atomic mass is 9.95. The molecule has 1 aliphatic heterocycles. The average Bonchev–Trinajstić information content (AvgIpc) is 2.81. The van der Waals surface area contributed by atoms with Crippen molar-refractivity contribution in [3.63, 3.8) is 0 Å². The van der Waals surface area contributed by atoms with Crippen LogP contribution in [0.1, 0.15) is 25.1 Å². The van der Waals surface area contributed by atoms with E-state index in [2.05, 4.69) is 20.1 Å². The fourth-order valence-corrected chi connectivity index (χ4v) is 2.83. The molecule has 1 aliphatic rings. The zero-order valence-electron chi connectivity index (χ0n) is 11.2. The van der Waals surface area contributed by atoms with Gasteiger partial charge in [-0.1, -0.05) is 0 Å². The number of rotatable bonds is 3. The van der Waals surface area contributed by atoms with Crippen molar-refractivity contribution in [1.82, 2.24) is 19.6 Å². The Morgan fingerprint density at radius 1 is 1.42 bits per heavy atom. The lowest BCUT2D eigenvalue weighted by Crippen LogP contribution is -2.36. The van der Waals surface area contributed by atoms with Crippen molar-refractivity contribution < 1.29 is 5.11 Å². The van der Waals surface area contributed by atoms with Crippen LogP contribution in [0, 0.1) is 12.8 Å². The average molecular weight is 261 g/mol. The number of fused-ring (bicyclic) bond motifs is 1. The first-order valence-electron chi connectivity index (χ1n) is 6.81. The zero-order valence-corrected chi connectivity index (χ0v) is 11.2. The SMILES string of the molecule is Cc1nnc2c(N3CCCC(CCO)C3)nccn12. The minimum atomic E-state index is 0.264. The second kappa shape index (κ2) is 5.13. The van der Waals surface area contributed by atoms with E-state index < -0.39 is 0 Å². The number of aromatic nitrogens is 4. The molecule has 102 valence electrons. The Labute approximate surface area is 112 Å². The lowest BCUT2D eigenvalue weighted by molar-refractivity contribution is 0.244. The van der Waals surface area contributed by atoms with Crippen molar-refractivity contribution in [3.8, 4) is 0 Å². The van der Waals surface area contributed by atoms with E-state index in [-0.39, 0.29) is 6.61 Å². The van der Waals surface area contributed by atoms with Crippen LogP contribution in [0.15, 0.2) is 12.4 Å². The number of aliphatic hydroxyl groups is 1. The molecule has 2 aromatic heterocycles. The van der Waals surface area contributed by atoms with Gasteiger partial charge >= 0.3 is 0 Å². The van der Waals surface area contributed by atoms with Crippen molar-refractivity contribution in [2.24, 2.45) is 5.92 Å². The van der Waals surface area contributed by atoms with Crippen molar-refractivity contribution in [3.05, 3.63) is 18.2 Å². The predicted octanol–water partition coefficient (Wildman–Crippen LogP) is 1.03. The van der Waals surface area contributed by atoms with E-state index in [0.717, 1.165) is 43.2 Å². The molecule has 1 unspecified atom stereocenters. The highest BCUT2D eigenvalue weighted by Crippen LogP contribution is 2.25. The van der Waals surface area contributed by atoms with E-state index in [1.54, 1.807) is 6.20 Å². The van der Waals surface area contributed by atoms with Gasteiger partial charge in [-0.3, -0.25) is 4.40 Å². The van der Waals surface area contributed by atoms with Gasteiger partial charge in [-0.05, 0) is 32.1 Å². The Morgan fingerprint density at radius 2 is 2.32 bits per heavy atom. The molecule has 0 radical (unpaired) electrons. The van der Waals surface area contributed by atoms with Crippen LogP contribution in [0.4, 0.5) is 5.82 Å². The van der Waals surface area contributed by atoms with Gasteiger partial charge < -0.3 is 10.0 Å². The minimum absolute atomic E-state index is 0.264. The highest BCUT2D eigenvalue weighted by Gasteiger charge is 2.23. The summed E-state index contributed by atoms with van der Waals surface area (Å²) in [6, 6.07) is 0. The fourth-order valence-electron chi connectivity index (χ4n) is 2.83. The van der Waals surface area contributed by atoms with E-state index in [0.29, 0.717) is 5.92 Å². The molecule has 2 aromatic rings. The predicted molar refractivity (Wildman–Crippen MR) is 72.2 cm³/mol. The van der Waals surface area contributed by atoms with Crippen LogP contribution in [0.5, 0.6) is 0 Å². The third-order valence-corrected chi connectivity index (χ3v) is 3.83. The van der Waals surface area contributed by atoms with Gasteiger partial charge in [0.25, 0.3) is 0 Å². The second-order valence-electron chi connectivity index (χ2n) is 5.16. The van der Waals surface area contributed by atoms with E-state index in [1.165, 1.54) is 6.42 Å². The Bertz CT molecular complexity index is 565. The third-order valence-electron chi connectivity index (χ3n) is 3.83. The summed E-state index contributed by atoms with van der Waals surface area (Å²) in [5.41, 5.74) is 0.824. The molecule has 0 aliphatic carbocycles. The van der Waals surface area contributed by atoms with Crippen molar-refractivity contribution >= 4 is 11.5 Å². The van der Waals surface area contributed by atoms with Crippen LogP contribution < -0.4 is 4.90 Å². The van der Waals surface area contributed by atoms with E-state index in [4.69, 9.17) is 5.11 Å². The molecule has 1 saturated heterocycles. The summed E-state index contributed by atoms with van der Waals surface area (Å²) in [6.45, 7) is 4.15. The van der Waals surface area contributed by atoms with Crippen LogP contribution in [-0.2, 0) is 0 Å². The Balaban J connectivity index is 1.91. The highest BCUT2D eigenvalue weighted by molar-refractivity contribution is 5.63. The first-order chi connectivity index (χ1) is 9.29. The Morgan fingerprint density at radius 3 is 3.16 bits per heavy atom. The van der Waals surface area contributed by atoms with Gasteiger partial charge in [0.2, 0.25) is 5.65 Å². The fraction of sp³-hybridized carbons (Fsp3) is 0.615. The number of anilines is 1.